The molecule has 27 heavy (non-hydrogen) atoms. The highest BCUT2D eigenvalue weighted by atomic mass is 16.1. The number of rotatable bonds is 2. The van der Waals surface area contributed by atoms with E-state index in [0.29, 0.717) is 11.2 Å². The Bertz CT molecular complexity index is 1280. The maximum Gasteiger partial charge on any atom is 0.279 e. The topological polar surface area (TPSA) is 47.8 Å². The minimum atomic E-state index is -0.214. The molecule has 2 aliphatic rings. The first-order valence-corrected chi connectivity index (χ1v) is 8.73. The molecule has 0 aliphatic carbocycles. The lowest BCUT2D eigenvalue weighted by Gasteiger charge is -2.18. The summed E-state index contributed by atoms with van der Waals surface area (Å²) in [6, 6.07) is 25.4. The molecule has 0 amide bonds. The van der Waals surface area contributed by atoms with Gasteiger partial charge < -0.3 is 4.57 Å². The smallest absolute Gasteiger partial charge is 0.279 e. The van der Waals surface area contributed by atoms with Crippen LogP contribution in [0.1, 0.15) is 0 Å². The SMILES string of the molecule is O=c1nc2n(-c3ccccc3)cc(-c3ccccn3)cc-2c2ccccc12. The van der Waals surface area contributed by atoms with E-state index in [2.05, 4.69) is 16.0 Å². The zero-order valence-corrected chi connectivity index (χ0v) is 14.4. The summed E-state index contributed by atoms with van der Waals surface area (Å²) in [7, 11) is 0. The van der Waals surface area contributed by atoms with E-state index in [0.717, 1.165) is 27.9 Å². The second-order valence-corrected chi connectivity index (χ2v) is 6.35. The van der Waals surface area contributed by atoms with Crippen molar-refractivity contribution >= 4 is 10.8 Å². The summed E-state index contributed by atoms with van der Waals surface area (Å²) in [5.41, 5.74) is 3.50. The molecule has 0 saturated carbocycles. The molecule has 0 spiro atoms. The van der Waals surface area contributed by atoms with Gasteiger partial charge in [0, 0.05) is 34.6 Å². The first-order chi connectivity index (χ1) is 13.3. The molecule has 0 fully saturated rings. The second kappa shape index (κ2) is 6.18. The maximum absolute atomic E-state index is 12.6. The highest BCUT2D eigenvalue weighted by Crippen LogP contribution is 2.32. The van der Waals surface area contributed by atoms with Crippen LogP contribution < -0.4 is 5.56 Å². The third-order valence-electron chi connectivity index (χ3n) is 4.69. The molecule has 4 heteroatoms. The molecule has 2 aliphatic heterocycles. The van der Waals surface area contributed by atoms with E-state index in [4.69, 9.17) is 0 Å². The van der Waals surface area contributed by atoms with Crippen LogP contribution in [-0.2, 0) is 0 Å². The predicted molar refractivity (Wildman–Crippen MR) is 107 cm³/mol. The molecule has 2 aromatic carbocycles. The average molecular weight is 349 g/mol. The minimum absolute atomic E-state index is 0.214. The summed E-state index contributed by atoms with van der Waals surface area (Å²) in [5.74, 6) is 0.643. The fourth-order valence-corrected chi connectivity index (χ4v) is 3.42. The Kier molecular flexibility index (Phi) is 3.54. The van der Waals surface area contributed by atoms with Crippen molar-refractivity contribution in [1.29, 1.82) is 0 Å². The Hall–Kier alpha value is -3.79. The van der Waals surface area contributed by atoms with Crippen molar-refractivity contribution in [2.24, 2.45) is 0 Å². The normalized spacial score (nSPS) is 11.1. The van der Waals surface area contributed by atoms with Crippen molar-refractivity contribution in [2.75, 3.05) is 0 Å². The molecule has 128 valence electrons. The Balaban J connectivity index is 1.93. The second-order valence-electron chi connectivity index (χ2n) is 6.35. The van der Waals surface area contributed by atoms with Gasteiger partial charge in [0.2, 0.25) is 0 Å². The van der Waals surface area contributed by atoms with Gasteiger partial charge in [0.25, 0.3) is 5.56 Å². The quantitative estimate of drug-likeness (QED) is 0.439. The fraction of sp³-hybridized carbons (Fsp3) is 0. The van der Waals surface area contributed by atoms with Gasteiger partial charge in [-0.3, -0.25) is 9.78 Å². The number of benzene rings is 2. The highest BCUT2D eigenvalue weighted by molar-refractivity contribution is 5.96. The van der Waals surface area contributed by atoms with Gasteiger partial charge in [-0.05, 0) is 41.8 Å². The van der Waals surface area contributed by atoms with Crippen LogP contribution in [-0.4, -0.2) is 14.5 Å². The molecular formula is C23H15N3O. The van der Waals surface area contributed by atoms with Crippen molar-refractivity contribution in [2.45, 2.75) is 0 Å². The molecule has 3 heterocycles. The van der Waals surface area contributed by atoms with Crippen LogP contribution in [0.4, 0.5) is 0 Å². The van der Waals surface area contributed by atoms with Gasteiger partial charge in [0.15, 0.2) is 0 Å². The van der Waals surface area contributed by atoms with Crippen molar-refractivity contribution < 1.29 is 0 Å². The summed E-state index contributed by atoms with van der Waals surface area (Å²) in [6.07, 6.45) is 3.77. The Morgan fingerprint density at radius 1 is 0.778 bits per heavy atom. The average Bonchev–Trinajstić information content (AvgIpc) is 2.75. The van der Waals surface area contributed by atoms with Gasteiger partial charge in [-0.25, -0.2) is 0 Å². The number of aromatic nitrogens is 3. The van der Waals surface area contributed by atoms with Crippen molar-refractivity contribution in [1.82, 2.24) is 14.5 Å². The number of pyridine rings is 3. The van der Waals surface area contributed by atoms with Gasteiger partial charge in [-0.2, -0.15) is 4.98 Å². The fourth-order valence-electron chi connectivity index (χ4n) is 3.42. The first kappa shape index (κ1) is 15.5. The lowest BCUT2D eigenvalue weighted by molar-refractivity contribution is 0.997. The van der Waals surface area contributed by atoms with Crippen LogP contribution in [0.25, 0.3) is 39.1 Å². The monoisotopic (exact) mass is 349 g/mol. The lowest BCUT2D eigenvalue weighted by Crippen LogP contribution is -2.14. The molecule has 0 atom stereocenters. The summed E-state index contributed by atoms with van der Waals surface area (Å²) in [5, 5.41) is 1.53. The van der Waals surface area contributed by atoms with E-state index in [1.54, 1.807) is 6.20 Å². The van der Waals surface area contributed by atoms with Gasteiger partial charge in [0.05, 0.1) is 5.69 Å². The molecule has 1 aromatic heterocycles. The third-order valence-corrected chi connectivity index (χ3v) is 4.69. The van der Waals surface area contributed by atoms with Crippen LogP contribution in [0.5, 0.6) is 0 Å². The van der Waals surface area contributed by atoms with Crippen LogP contribution in [0.3, 0.4) is 0 Å². The zero-order valence-electron chi connectivity index (χ0n) is 14.4. The number of para-hydroxylation sites is 1. The van der Waals surface area contributed by atoms with Crippen LogP contribution in [0.2, 0.25) is 0 Å². The Morgan fingerprint density at radius 3 is 2.30 bits per heavy atom. The zero-order chi connectivity index (χ0) is 18.2. The van der Waals surface area contributed by atoms with Crippen LogP contribution in [0.15, 0.2) is 96.1 Å². The largest absolute Gasteiger partial charge is 0.301 e. The maximum atomic E-state index is 12.6. The summed E-state index contributed by atoms with van der Waals surface area (Å²) in [4.78, 5) is 21.5. The number of fused-ring (bicyclic) bond motifs is 3. The summed E-state index contributed by atoms with van der Waals surface area (Å²) in [6.45, 7) is 0. The Morgan fingerprint density at radius 2 is 1.52 bits per heavy atom. The number of nitrogens with zero attached hydrogens (tertiary/aromatic N) is 3. The van der Waals surface area contributed by atoms with Crippen molar-refractivity contribution in [3.63, 3.8) is 0 Å². The molecule has 3 aromatic rings. The van der Waals surface area contributed by atoms with E-state index < -0.39 is 0 Å². The predicted octanol–water partition coefficient (Wildman–Crippen LogP) is 4.55. The minimum Gasteiger partial charge on any atom is -0.301 e. The number of hydrogen-bond acceptors (Lipinski definition) is 3. The van der Waals surface area contributed by atoms with Crippen LogP contribution >= 0.6 is 0 Å². The molecule has 0 radical (unpaired) electrons. The van der Waals surface area contributed by atoms with E-state index >= 15 is 0 Å². The molecule has 5 rings (SSSR count). The highest BCUT2D eigenvalue weighted by Gasteiger charge is 2.17. The molecule has 0 saturated heterocycles. The first-order valence-electron chi connectivity index (χ1n) is 8.73. The van der Waals surface area contributed by atoms with E-state index in [-0.39, 0.29) is 5.56 Å². The summed E-state index contributed by atoms with van der Waals surface area (Å²) < 4.78 is 1.97. The number of hydrogen-bond donors (Lipinski definition) is 0. The van der Waals surface area contributed by atoms with Gasteiger partial charge in [0.1, 0.15) is 5.82 Å². The van der Waals surface area contributed by atoms with E-state index in [1.807, 2.05) is 83.6 Å². The third kappa shape index (κ3) is 2.59. The van der Waals surface area contributed by atoms with E-state index in [9.17, 15) is 4.79 Å². The van der Waals surface area contributed by atoms with Gasteiger partial charge in [-0.15, -0.1) is 0 Å². The molecule has 0 N–H and O–H groups in total. The standard InChI is InChI=1S/C23H15N3O/c27-23-19-11-5-4-10-18(19)20-14-16(21-12-6-7-13-24-21)15-26(22(20)25-23)17-8-2-1-3-9-17/h1-15H. The van der Waals surface area contributed by atoms with E-state index in [1.165, 1.54) is 0 Å². The van der Waals surface area contributed by atoms with Crippen molar-refractivity contribution in [3.05, 3.63) is 102 Å². The van der Waals surface area contributed by atoms with Crippen molar-refractivity contribution in [3.8, 4) is 28.3 Å². The molecule has 0 bridgehead atoms. The van der Waals surface area contributed by atoms with Gasteiger partial charge >= 0.3 is 0 Å². The lowest BCUT2D eigenvalue weighted by atomic mass is 10.0. The van der Waals surface area contributed by atoms with Gasteiger partial charge in [-0.1, -0.05) is 42.5 Å². The summed E-state index contributed by atoms with van der Waals surface area (Å²) >= 11 is 0. The molecule has 4 nitrogen and oxygen atoms in total. The molecular weight excluding hydrogens is 334 g/mol. The molecule has 0 unspecified atom stereocenters. The Labute approximate surface area is 155 Å². The van der Waals surface area contributed by atoms with Crippen LogP contribution in [0, 0.1) is 0 Å².